The van der Waals surface area contributed by atoms with E-state index in [4.69, 9.17) is 14.1 Å². The topological polar surface area (TPSA) is 121 Å². The quantitative estimate of drug-likeness (QED) is 0.292. The number of benzene rings is 2. The fraction of sp³-hybridized carbons (Fsp3) is 0.160. The zero-order valence-electron chi connectivity index (χ0n) is 19.0. The van der Waals surface area contributed by atoms with Gasteiger partial charge in [-0.15, -0.1) is 0 Å². The minimum absolute atomic E-state index is 0.0146. The van der Waals surface area contributed by atoms with Crippen molar-refractivity contribution < 1.29 is 18.9 Å². The van der Waals surface area contributed by atoms with Crippen LogP contribution < -0.4 is 11.1 Å². The molecule has 1 amide bonds. The number of carbonyl (C=O) groups excluding carboxylic acids is 1. The van der Waals surface area contributed by atoms with Crippen LogP contribution in [0.4, 0.5) is 10.6 Å². The number of pyridine rings is 1. The molecule has 0 aliphatic heterocycles. The molecule has 0 spiro atoms. The summed E-state index contributed by atoms with van der Waals surface area (Å²) in [6.07, 6.45) is 0.0249. The zero-order chi connectivity index (χ0) is 24.5. The molecule has 35 heavy (non-hydrogen) atoms. The molecule has 2 aromatic heterocycles. The molecule has 0 radical (unpaired) electrons. The van der Waals surface area contributed by atoms with Crippen molar-refractivity contribution in [3.63, 3.8) is 0 Å². The molecule has 4 rings (SSSR count). The first-order valence-corrected chi connectivity index (χ1v) is 10.8. The highest BCUT2D eigenvalue weighted by Crippen LogP contribution is 2.11. The second-order valence-electron chi connectivity index (χ2n) is 7.38. The molecule has 10 heteroatoms. The summed E-state index contributed by atoms with van der Waals surface area (Å²) >= 11 is 0. The van der Waals surface area contributed by atoms with E-state index in [1.165, 1.54) is 4.74 Å². The minimum Gasteiger partial charge on any atom is -0.449 e. The second kappa shape index (κ2) is 11.4. The van der Waals surface area contributed by atoms with E-state index in [0.717, 1.165) is 5.56 Å². The first kappa shape index (κ1) is 23.4. The molecule has 0 saturated carbocycles. The molecule has 1 N–H and O–H groups in total. The third-order valence-corrected chi connectivity index (χ3v) is 4.84. The number of aryl methyl sites for hydroxylation is 1. The van der Waals surface area contributed by atoms with Crippen molar-refractivity contribution in [1.82, 2.24) is 14.7 Å². The maximum absolute atomic E-state index is 12.1. The average Bonchev–Trinajstić information content (AvgIpc) is 3.20. The fourth-order valence-electron chi connectivity index (χ4n) is 3.20. The zero-order valence-corrected chi connectivity index (χ0v) is 19.0. The number of anilines is 1. The smallest absolute Gasteiger partial charge is 0.449 e. The van der Waals surface area contributed by atoms with E-state index < -0.39 is 11.8 Å². The fourth-order valence-corrected chi connectivity index (χ4v) is 3.20. The standard InChI is InChI=1S/C25H23N5O5/c1-30-23(28-25(32)35-30)22(19-11-6-3-7-12-19)29-34-17-20-13-8-14-21(26-20)27-24(31)33-16-15-18-9-4-2-5-10-18/h2-14H,15-17H2,1H3,(H,26,27,31)/b29-22+. The highest BCUT2D eigenvalue weighted by atomic mass is 16.6. The van der Waals surface area contributed by atoms with Crippen molar-refractivity contribution in [2.24, 2.45) is 12.2 Å². The van der Waals surface area contributed by atoms with Gasteiger partial charge in [-0.2, -0.15) is 9.72 Å². The van der Waals surface area contributed by atoms with Gasteiger partial charge in [-0.25, -0.2) is 14.6 Å². The van der Waals surface area contributed by atoms with Crippen LogP contribution in [0.2, 0.25) is 0 Å². The summed E-state index contributed by atoms with van der Waals surface area (Å²) in [6.45, 7) is 0.265. The van der Waals surface area contributed by atoms with Crippen molar-refractivity contribution in [3.05, 3.63) is 112 Å². The summed E-state index contributed by atoms with van der Waals surface area (Å²) in [6, 6.07) is 24.0. The van der Waals surface area contributed by atoms with Crippen LogP contribution in [0.15, 0.2) is 93.3 Å². The van der Waals surface area contributed by atoms with Gasteiger partial charge in [0.1, 0.15) is 5.82 Å². The molecule has 10 nitrogen and oxygen atoms in total. The summed E-state index contributed by atoms with van der Waals surface area (Å²) in [4.78, 5) is 37.4. The Morgan fingerprint density at radius 2 is 1.74 bits per heavy atom. The molecule has 0 unspecified atom stereocenters. The van der Waals surface area contributed by atoms with Crippen LogP contribution in [0.25, 0.3) is 0 Å². The number of ether oxygens (including phenoxy) is 1. The number of hydrogen-bond acceptors (Lipinski definition) is 8. The van der Waals surface area contributed by atoms with E-state index in [9.17, 15) is 9.59 Å². The summed E-state index contributed by atoms with van der Waals surface area (Å²) in [7, 11) is 1.55. The summed E-state index contributed by atoms with van der Waals surface area (Å²) in [5.41, 5.74) is 2.63. The van der Waals surface area contributed by atoms with Gasteiger partial charge in [0.15, 0.2) is 18.1 Å². The van der Waals surface area contributed by atoms with Gasteiger partial charge in [0, 0.05) is 19.0 Å². The summed E-state index contributed by atoms with van der Waals surface area (Å²) in [5, 5.41) is 6.78. The monoisotopic (exact) mass is 473 g/mol. The van der Waals surface area contributed by atoms with Gasteiger partial charge in [-0.1, -0.05) is 71.9 Å². The Hall–Kier alpha value is -4.73. The van der Waals surface area contributed by atoms with Gasteiger partial charge in [-0.05, 0) is 17.7 Å². The lowest BCUT2D eigenvalue weighted by atomic mass is 10.1. The number of oxime groups is 1. The van der Waals surface area contributed by atoms with E-state index in [0.29, 0.717) is 29.2 Å². The van der Waals surface area contributed by atoms with Crippen LogP contribution in [0, 0.1) is 0 Å². The average molecular weight is 473 g/mol. The van der Waals surface area contributed by atoms with Gasteiger partial charge >= 0.3 is 11.8 Å². The summed E-state index contributed by atoms with van der Waals surface area (Å²) in [5.74, 6) is -0.188. The second-order valence-corrected chi connectivity index (χ2v) is 7.38. The molecule has 0 aliphatic carbocycles. The number of nitrogens with one attached hydrogen (secondary N) is 1. The van der Waals surface area contributed by atoms with Crippen LogP contribution in [0.3, 0.4) is 0 Å². The van der Waals surface area contributed by atoms with Gasteiger partial charge in [-0.3, -0.25) is 5.32 Å². The Balaban J connectivity index is 1.37. The maximum Gasteiger partial charge on any atom is 0.460 e. The molecular weight excluding hydrogens is 450 g/mol. The lowest BCUT2D eigenvalue weighted by Gasteiger charge is -2.08. The number of amides is 1. The minimum atomic E-state index is -0.734. The maximum atomic E-state index is 12.1. The molecule has 0 fully saturated rings. The lowest BCUT2D eigenvalue weighted by molar-refractivity contribution is 0.127. The van der Waals surface area contributed by atoms with Crippen molar-refractivity contribution in [2.45, 2.75) is 13.0 Å². The Morgan fingerprint density at radius 1 is 1.00 bits per heavy atom. The predicted molar refractivity (Wildman–Crippen MR) is 128 cm³/mol. The largest absolute Gasteiger partial charge is 0.460 e. The Labute approximate surface area is 200 Å². The van der Waals surface area contributed by atoms with Gasteiger partial charge in [0.25, 0.3) is 0 Å². The molecule has 0 atom stereocenters. The normalized spacial score (nSPS) is 11.2. The van der Waals surface area contributed by atoms with E-state index >= 15 is 0 Å². The third-order valence-electron chi connectivity index (χ3n) is 4.84. The van der Waals surface area contributed by atoms with Crippen LogP contribution >= 0.6 is 0 Å². The number of aromatic nitrogens is 3. The number of carbonyl (C=O) groups is 1. The molecule has 0 bridgehead atoms. The molecule has 2 heterocycles. The first-order chi connectivity index (χ1) is 17.1. The number of nitrogens with zero attached hydrogens (tertiary/aromatic N) is 4. The number of rotatable bonds is 9. The van der Waals surface area contributed by atoms with E-state index in [1.807, 2.05) is 60.7 Å². The van der Waals surface area contributed by atoms with Crippen LogP contribution in [-0.4, -0.2) is 33.1 Å². The Morgan fingerprint density at radius 3 is 2.46 bits per heavy atom. The van der Waals surface area contributed by atoms with Gasteiger partial charge in [0.2, 0.25) is 0 Å². The SMILES string of the molecule is Cn1oc(=O)nc1/C(=N/OCc1cccc(NC(=O)OCCc2ccccc2)n1)c1ccccc1. The number of hydrogen-bond donors (Lipinski definition) is 1. The molecule has 2 aromatic carbocycles. The Bertz CT molecular complexity index is 1350. The molecule has 0 aliphatic rings. The van der Waals surface area contributed by atoms with E-state index in [2.05, 4.69) is 20.4 Å². The first-order valence-electron chi connectivity index (χ1n) is 10.8. The van der Waals surface area contributed by atoms with Crippen molar-refractivity contribution >= 4 is 17.6 Å². The Kier molecular flexibility index (Phi) is 7.64. The highest BCUT2D eigenvalue weighted by molar-refractivity contribution is 6.10. The van der Waals surface area contributed by atoms with Crippen LogP contribution in [0.5, 0.6) is 0 Å². The molecule has 178 valence electrons. The van der Waals surface area contributed by atoms with E-state index in [1.54, 1.807) is 25.2 Å². The molecule has 4 aromatic rings. The third kappa shape index (κ3) is 6.64. The summed E-state index contributed by atoms with van der Waals surface area (Å²) < 4.78 is 11.4. The van der Waals surface area contributed by atoms with Gasteiger partial charge < -0.3 is 14.1 Å². The van der Waals surface area contributed by atoms with Gasteiger partial charge in [0.05, 0.1) is 12.3 Å². The predicted octanol–water partition coefficient (Wildman–Crippen LogP) is 3.53. The lowest BCUT2D eigenvalue weighted by Crippen LogP contribution is -2.16. The van der Waals surface area contributed by atoms with Crippen molar-refractivity contribution in [3.8, 4) is 0 Å². The molecular formula is C25H23N5O5. The molecule has 0 saturated heterocycles. The van der Waals surface area contributed by atoms with Crippen LogP contribution in [-0.2, 0) is 29.6 Å². The van der Waals surface area contributed by atoms with Crippen molar-refractivity contribution in [2.75, 3.05) is 11.9 Å². The van der Waals surface area contributed by atoms with Crippen molar-refractivity contribution in [1.29, 1.82) is 0 Å². The van der Waals surface area contributed by atoms with E-state index in [-0.39, 0.29) is 19.0 Å². The van der Waals surface area contributed by atoms with Crippen LogP contribution in [0.1, 0.15) is 22.6 Å². The highest BCUT2D eigenvalue weighted by Gasteiger charge is 2.16.